The largest absolute Gasteiger partial charge is 0.416 e. The topological polar surface area (TPSA) is 40.5 Å². The molecule has 1 aromatic rings. The Labute approximate surface area is 115 Å². The highest BCUT2D eigenvalue weighted by Gasteiger charge is 2.33. The Balaban J connectivity index is 2.34. The van der Waals surface area contributed by atoms with E-state index in [4.69, 9.17) is 0 Å². The predicted molar refractivity (Wildman–Crippen MR) is 67.1 cm³/mol. The molecule has 1 aliphatic heterocycles. The zero-order valence-corrected chi connectivity index (χ0v) is 11.2. The molecule has 3 nitrogen and oxygen atoms in total. The summed E-state index contributed by atoms with van der Waals surface area (Å²) in [6.07, 6.45) is -5.14. The second-order valence-electron chi connectivity index (χ2n) is 4.03. The highest BCUT2D eigenvalue weighted by Crippen LogP contribution is 2.34. The third-order valence-corrected chi connectivity index (χ3v) is 3.53. The van der Waals surface area contributed by atoms with E-state index in [1.807, 2.05) is 0 Å². The van der Waals surface area contributed by atoms with Gasteiger partial charge in [0.05, 0.1) is 30.3 Å². The average Bonchev–Trinajstić information content (AvgIpc) is 2.56. The molecular weight excluding hydrogens is 362 g/mol. The van der Waals surface area contributed by atoms with Crippen molar-refractivity contribution in [1.29, 1.82) is 0 Å². The number of alkyl halides is 3. The predicted octanol–water partition coefficient (Wildman–Crippen LogP) is 2.41. The number of β-amino-alcohol motifs (C(OH)–C–C–N with tert-alkyl or cyclic N) is 1. The van der Waals surface area contributed by atoms with Gasteiger partial charge in [0.2, 0.25) is 5.91 Å². The number of hydrogen-bond donors (Lipinski definition) is 1. The summed E-state index contributed by atoms with van der Waals surface area (Å²) in [5, 5.41) is 9.36. The van der Waals surface area contributed by atoms with Gasteiger partial charge in [-0.3, -0.25) is 4.79 Å². The number of carbonyl (C=O) groups is 1. The van der Waals surface area contributed by atoms with E-state index in [1.165, 1.54) is 11.0 Å². The Hall–Kier alpha value is -0.830. The molecule has 1 aromatic carbocycles. The zero-order valence-electron chi connectivity index (χ0n) is 9.04. The molecule has 0 radical (unpaired) electrons. The van der Waals surface area contributed by atoms with E-state index in [0.29, 0.717) is 9.26 Å². The molecule has 1 aliphatic rings. The van der Waals surface area contributed by atoms with Gasteiger partial charge in [0, 0.05) is 3.57 Å². The van der Waals surface area contributed by atoms with Crippen molar-refractivity contribution in [2.24, 2.45) is 0 Å². The van der Waals surface area contributed by atoms with Crippen LogP contribution in [0.25, 0.3) is 0 Å². The van der Waals surface area contributed by atoms with Crippen molar-refractivity contribution in [2.45, 2.75) is 18.7 Å². The van der Waals surface area contributed by atoms with Crippen LogP contribution in [0.4, 0.5) is 18.9 Å². The Morgan fingerprint density at radius 1 is 1.39 bits per heavy atom. The van der Waals surface area contributed by atoms with Crippen LogP contribution in [0.1, 0.15) is 12.0 Å². The van der Waals surface area contributed by atoms with E-state index < -0.39 is 17.8 Å². The van der Waals surface area contributed by atoms with Crippen LogP contribution in [0.2, 0.25) is 0 Å². The first kappa shape index (κ1) is 13.6. The fraction of sp³-hybridized carbons (Fsp3) is 0.364. The van der Waals surface area contributed by atoms with E-state index in [9.17, 15) is 23.1 Å². The number of nitrogens with zero attached hydrogens (tertiary/aromatic N) is 1. The lowest BCUT2D eigenvalue weighted by atomic mass is 10.2. The van der Waals surface area contributed by atoms with Gasteiger partial charge in [0.25, 0.3) is 0 Å². The highest BCUT2D eigenvalue weighted by molar-refractivity contribution is 14.1. The molecule has 98 valence electrons. The van der Waals surface area contributed by atoms with Crippen molar-refractivity contribution in [3.63, 3.8) is 0 Å². The Bertz CT molecular complexity index is 490. The second-order valence-corrected chi connectivity index (χ2v) is 5.19. The number of hydrogen-bond acceptors (Lipinski definition) is 2. The van der Waals surface area contributed by atoms with Crippen molar-refractivity contribution in [3.05, 3.63) is 27.3 Å². The van der Waals surface area contributed by atoms with Crippen LogP contribution < -0.4 is 4.90 Å². The molecule has 1 saturated heterocycles. The van der Waals surface area contributed by atoms with Gasteiger partial charge in [-0.15, -0.1) is 0 Å². The summed E-state index contributed by atoms with van der Waals surface area (Å²) < 4.78 is 37.8. The van der Waals surface area contributed by atoms with E-state index in [0.717, 1.165) is 12.1 Å². The van der Waals surface area contributed by atoms with Crippen LogP contribution in [0, 0.1) is 3.57 Å². The van der Waals surface area contributed by atoms with E-state index in [2.05, 4.69) is 0 Å². The lowest BCUT2D eigenvalue weighted by Gasteiger charge is -2.18. The van der Waals surface area contributed by atoms with Gasteiger partial charge >= 0.3 is 6.18 Å². The van der Waals surface area contributed by atoms with Gasteiger partial charge < -0.3 is 10.0 Å². The third-order valence-electron chi connectivity index (χ3n) is 2.67. The molecule has 1 amide bonds. The molecule has 0 saturated carbocycles. The quantitative estimate of drug-likeness (QED) is 0.771. The van der Waals surface area contributed by atoms with Gasteiger partial charge in [0.15, 0.2) is 0 Å². The maximum absolute atomic E-state index is 12.5. The lowest BCUT2D eigenvalue weighted by Crippen LogP contribution is -2.26. The average molecular weight is 371 g/mol. The first-order valence-electron chi connectivity index (χ1n) is 5.14. The number of halogens is 4. The molecule has 0 aliphatic carbocycles. The van der Waals surface area contributed by atoms with Crippen molar-refractivity contribution >= 4 is 34.2 Å². The molecule has 1 heterocycles. The fourth-order valence-corrected chi connectivity index (χ4v) is 2.63. The molecule has 7 heteroatoms. The molecule has 0 bridgehead atoms. The van der Waals surface area contributed by atoms with Gasteiger partial charge in [-0.25, -0.2) is 0 Å². The maximum Gasteiger partial charge on any atom is 0.416 e. The van der Waals surface area contributed by atoms with Gasteiger partial charge in [-0.2, -0.15) is 13.2 Å². The van der Waals surface area contributed by atoms with Crippen molar-refractivity contribution in [2.75, 3.05) is 11.4 Å². The van der Waals surface area contributed by atoms with Crippen LogP contribution >= 0.6 is 22.6 Å². The lowest BCUT2D eigenvalue weighted by molar-refractivity contribution is -0.137. The smallest absolute Gasteiger partial charge is 0.391 e. The minimum atomic E-state index is -4.40. The first-order chi connectivity index (χ1) is 8.29. The van der Waals surface area contributed by atoms with Crippen molar-refractivity contribution in [3.8, 4) is 0 Å². The molecule has 1 unspecified atom stereocenters. The van der Waals surface area contributed by atoms with Crippen LogP contribution in [0.15, 0.2) is 18.2 Å². The molecule has 2 rings (SSSR count). The molecule has 1 N–H and O–H groups in total. The first-order valence-corrected chi connectivity index (χ1v) is 6.22. The van der Waals surface area contributed by atoms with Crippen LogP contribution in [-0.2, 0) is 11.0 Å². The molecule has 18 heavy (non-hydrogen) atoms. The number of amides is 1. The van der Waals surface area contributed by atoms with E-state index >= 15 is 0 Å². The Kier molecular flexibility index (Phi) is 3.54. The number of anilines is 1. The van der Waals surface area contributed by atoms with Crippen molar-refractivity contribution < 1.29 is 23.1 Å². The Morgan fingerprint density at radius 2 is 2.06 bits per heavy atom. The summed E-state index contributed by atoms with van der Waals surface area (Å²) in [6, 6.07) is 3.20. The summed E-state index contributed by atoms with van der Waals surface area (Å²) in [4.78, 5) is 12.9. The SMILES string of the molecule is O=C1CC(O)CN1c1ccc(C(F)(F)F)cc1I. The third kappa shape index (κ3) is 2.61. The normalized spacial score (nSPS) is 20.6. The number of benzene rings is 1. The fourth-order valence-electron chi connectivity index (χ4n) is 1.82. The molecule has 0 aromatic heterocycles. The highest BCUT2D eigenvalue weighted by atomic mass is 127. The summed E-state index contributed by atoms with van der Waals surface area (Å²) in [5.41, 5.74) is -0.340. The van der Waals surface area contributed by atoms with Crippen molar-refractivity contribution in [1.82, 2.24) is 0 Å². The number of carbonyl (C=O) groups excluding carboxylic acids is 1. The molecular formula is C11H9F3INO2. The molecule has 0 spiro atoms. The number of rotatable bonds is 1. The van der Waals surface area contributed by atoms with Gasteiger partial charge in [-0.05, 0) is 40.8 Å². The van der Waals surface area contributed by atoms with Crippen LogP contribution in [0.5, 0.6) is 0 Å². The molecule has 1 fully saturated rings. The monoisotopic (exact) mass is 371 g/mol. The summed E-state index contributed by atoms with van der Waals surface area (Å²) in [6.45, 7) is 0.125. The maximum atomic E-state index is 12.5. The van der Waals surface area contributed by atoms with Gasteiger partial charge in [0.1, 0.15) is 0 Å². The number of aliphatic hydroxyl groups is 1. The molecule has 1 atom stereocenters. The second kappa shape index (κ2) is 4.69. The van der Waals surface area contributed by atoms with E-state index in [-0.39, 0.29) is 18.9 Å². The standard InChI is InChI=1S/C11H9F3INO2/c12-11(13,14)6-1-2-9(8(15)3-6)16-5-7(17)4-10(16)18/h1-3,7,17H,4-5H2. The van der Waals surface area contributed by atoms with Crippen LogP contribution in [-0.4, -0.2) is 23.7 Å². The van der Waals surface area contributed by atoms with E-state index in [1.54, 1.807) is 22.6 Å². The zero-order chi connectivity index (χ0) is 13.5. The summed E-state index contributed by atoms with van der Waals surface area (Å²) >= 11 is 1.76. The summed E-state index contributed by atoms with van der Waals surface area (Å²) in [5.74, 6) is -0.278. The summed E-state index contributed by atoms with van der Waals surface area (Å²) in [7, 11) is 0. The van der Waals surface area contributed by atoms with Crippen LogP contribution in [0.3, 0.4) is 0 Å². The minimum Gasteiger partial charge on any atom is -0.391 e. The number of aliphatic hydroxyl groups excluding tert-OH is 1. The Morgan fingerprint density at radius 3 is 2.50 bits per heavy atom. The van der Waals surface area contributed by atoms with Gasteiger partial charge in [-0.1, -0.05) is 0 Å². The minimum absolute atomic E-state index is 0.0110.